The monoisotopic (exact) mass is 320 g/mol. The van der Waals surface area contributed by atoms with E-state index in [1.807, 2.05) is 51.1 Å². The predicted molar refractivity (Wildman–Crippen MR) is 90.2 cm³/mol. The van der Waals surface area contributed by atoms with Gasteiger partial charge in [0, 0.05) is 19.1 Å². The number of likely N-dealkylation sites (tertiary alicyclic amines) is 1. The van der Waals surface area contributed by atoms with Crippen molar-refractivity contribution in [2.75, 3.05) is 19.7 Å². The Morgan fingerprint density at radius 3 is 2.43 bits per heavy atom. The van der Waals surface area contributed by atoms with E-state index < -0.39 is 5.60 Å². The maximum absolute atomic E-state index is 12.1. The summed E-state index contributed by atoms with van der Waals surface area (Å²) in [6, 6.07) is 10.2. The normalized spacial score (nSPS) is 17.8. The van der Waals surface area contributed by atoms with E-state index in [9.17, 15) is 9.90 Å². The second-order valence-electron chi connectivity index (χ2n) is 7.05. The molecule has 1 aromatic carbocycles. The van der Waals surface area contributed by atoms with Crippen LogP contribution in [0.4, 0.5) is 4.79 Å². The fourth-order valence-electron chi connectivity index (χ4n) is 2.78. The van der Waals surface area contributed by atoms with E-state index in [0.29, 0.717) is 19.1 Å². The molecule has 1 atom stereocenters. The lowest BCUT2D eigenvalue weighted by atomic mass is 10.0. The Morgan fingerprint density at radius 1 is 1.30 bits per heavy atom. The van der Waals surface area contributed by atoms with Crippen molar-refractivity contribution in [3.63, 3.8) is 0 Å². The van der Waals surface area contributed by atoms with Crippen molar-refractivity contribution in [3.8, 4) is 0 Å². The van der Waals surface area contributed by atoms with Crippen molar-refractivity contribution < 1.29 is 14.6 Å². The van der Waals surface area contributed by atoms with Gasteiger partial charge in [-0.15, -0.1) is 0 Å². The molecular formula is C18H28N2O3. The number of aliphatic hydroxyl groups is 1. The fourth-order valence-corrected chi connectivity index (χ4v) is 2.78. The van der Waals surface area contributed by atoms with Crippen molar-refractivity contribution in [2.24, 2.45) is 0 Å². The van der Waals surface area contributed by atoms with Crippen molar-refractivity contribution in [1.82, 2.24) is 10.2 Å². The van der Waals surface area contributed by atoms with E-state index in [2.05, 4.69) is 5.32 Å². The zero-order chi connectivity index (χ0) is 16.9. The standard InChI is InChI=1S/C18H28N2O3/c1-18(2,3)23-17(22)20-11-9-15(10-12-20)19-16(13-21)14-7-5-4-6-8-14/h4-8,15-16,19,21H,9-13H2,1-3H3. The predicted octanol–water partition coefficient (Wildman–Crippen LogP) is 2.71. The molecule has 1 aliphatic rings. The largest absolute Gasteiger partial charge is 0.444 e. The summed E-state index contributed by atoms with van der Waals surface area (Å²) in [7, 11) is 0. The second-order valence-corrected chi connectivity index (χ2v) is 7.05. The van der Waals surface area contributed by atoms with Gasteiger partial charge in [0.2, 0.25) is 0 Å². The van der Waals surface area contributed by atoms with E-state index in [4.69, 9.17) is 4.74 Å². The van der Waals surface area contributed by atoms with Gasteiger partial charge in [0.25, 0.3) is 0 Å². The zero-order valence-corrected chi connectivity index (χ0v) is 14.3. The minimum Gasteiger partial charge on any atom is -0.444 e. The molecule has 2 rings (SSSR count). The lowest BCUT2D eigenvalue weighted by Gasteiger charge is -2.35. The van der Waals surface area contributed by atoms with Crippen LogP contribution < -0.4 is 5.32 Å². The summed E-state index contributed by atoms with van der Waals surface area (Å²) in [6.45, 7) is 7.07. The molecule has 1 aromatic rings. The minimum atomic E-state index is -0.457. The van der Waals surface area contributed by atoms with Crippen LogP contribution in [-0.4, -0.2) is 47.4 Å². The van der Waals surface area contributed by atoms with Crippen molar-refractivity contribution in [2.45, 2.75) is 51.3 Å². The molecule has 5 heteroatoms. The van der Waals surface area contributed by atoms with E-state index in [1.54, 1.807) is 4.90 Å². The number of carbonyl (C=O) groups excluding carboxylic acids is 1. The second kappa shape index (κ2) is 7.79. The number of nitrogens with zero attached hydrogens (tertiary/aromatic N) is 1. The fraction of sp³-hybridized carbons (Fsp3) is 0.611. The molecule has 23 heavy (non-hydrogen) atoms. The van der Waals surface area contributed by atoms with Crippen molar-refractivity contribution in [1.29, 1.82) is 0 Å². The number of rotatable bonds is 4. The Labute approximate surface area is 138 Å². The average Bonchev–Trinajstić information content (AvgIpc) is 2.52. The SMILES string of the molecule is CC(C)(C)OC(=O)N1CCC(NC(CO)c2ccccc2)CC1. The maximum Gasteiger partial charge on any atom is 0.410 e. The molecule has 5 nitrogen and oxygen atoms in total. The van der Waals surface area contributed by atoms with Crippen LogP contribution in [0, 0.1) is 0 Å². The number of benzene rings is 1. The molecule has 1 aliphatic heterocycles. The number of nitrogens with one attached hydrogen (secondary N) is 1. The summed E-state index contributed by atoms with van der Waals surface area (Å²) in [6.07, 6.45) is 1.49. The summed E-state index contributed by atoms with van der Waals surface area (Å²) in [5.41, 5.74) is 0.631. The minimum absolute atomic E-state index is 0.0609. The number of carbonyl (C=O) groups is 1. The van der Waals surface area contributed by atoms with Gasteiger partial charge < -0.3 is 20.1 Å². The van der Waals surface area contributed by atoms with Gasteiger partial charge in [-0.25, -0.2) is 4.79 Å². The van der Waals surface area contributed by atoms with E-state index in [0.717, 1.165) is 18.4 Å². The van der Waals surface area contributed by atoms with Crippen LogP contribution in [0.5, 0.6) is 0 Å². The van der Waals surface area contributed by atoms with Crippen molar-refractivity contribution >= 4 is 6.09 Å². The molecule has 0 spiro atoms. The van der Waals surface area contributed by atoms with Gasteiger partial charge in [0.15, 0.2) is 0 Å². The van der Waals surface area contributed by atoms with Gasteiger partial charge in [0.1, 0.15) is 5.60 Å². The Hall–Kier alpha value is -1.59. The smallest absolute Gasteiger partial charge is 0.410 e. The van der Waals surface area contributed by atoms with Gasteiger partial charge in [-0.1, -0.05) is 30.3 Å². The summed E-state index contributed by atoms with van der Waals surface area (Å²) in [4.78, 5) is 13.8. The Bertz CT molecular complexity index is 491. The first-order valence-electron chi connectivity index (χ1n) is 8.29. The summed E-state index contributed by atoms with van der Waals surface area (Å²) < 4.78 is 5.41. The van der Waals surface area contributed by atoms with E-state index in [1.165, 1.54) is 0 Å². The first-order valence-corrected chi connectivity index (χ1v) is 8.29. The highest BCUT2D eigenvalue weighted by Gasteiger charge is 2.27. The number of ether oxygens (including phenoxy) is 1. The van der Waals surface area contributed by atoms with Gasteiger partial charge in [-0.05, 0) is 39.2 Å². The van der Waals surface area contributed by atoms with Crippen LogP contribution in [-0.2, 0) is 4.74 Å². The van der Waals surface area contributed by atoms with Crippen LogP contribution in [0.15, 0.2) is 30.3 Å². The Kier molecular flexibility index (Phi) is 6.02. The molecule has 0 bridgehead atoms. The highest BCUT2D eigenvalue weighted by Crippen LogP contribution is 2.19. The van der Waals surface area contributed by atoms with Crippen LogP contribution in [0.1, 0.15) is 45.2 Å². The van der Waals surface area contributed by atoms with Gasteiger partial charge in [-0.2, -0.15) is 0 Å². The first-order chi connectivity index (χ1) is 10.9. The quantitative estimate of drug-likeness (QED) is 0.895. The van der Waals surface area contributed by atoms with Gasteiger partial charge in [0.05, 0.1) is 12.6 Å². The molecule has 0 aromatic heterocycles. The molecule has 1 amide bonds. The molecule has 0 saturated carbocycles. The third-order valence-electron chi connectivity index (χ3n) is 3.97. The topological polar surface area (TPSA) is 61.8 Å². The average molecular weight is 320 g/mol. The van der Waals surface area contributed by atoms with Crippen LogP contribution >= 0.6 is 0 Å². The number of piperidine rings is 1. The molecule has 1 heterocycles. The molecule has 0 aliphatic carbocycles. The molecule has 1 saturated heterocycles. The summed E-state index contributed by atoms with van der Waals surface area (Å²) in [5.74, 6) is 0. The zero-order valence-electron chi connectivity index (χ0n) is 14.3. The maximum atomic E-state index is 12.1. The highest BCUT2D eigenvalue weighted by atomic mass is 16.6. The van der Waals surface area contributed by atoms with E-state index in [-0.39, 0.29) is 18.7 Å². The van der Waals surface area contributed by atoms with Gasteiger partial charge >= 0.3 is 6.09 Å². The highest BCUT2D eigenvalue weighted by molar-refractivity contribution is 5.68. The number of aliphatic hydroxyl groups excluding tert-OH is 1. The molecule has 128 valence electrons. The molecular weight excluding hydrogens is 292 g/mol. The van der Waals surface area contributed by atoms with Crippen molar-refractivity contribution in [3.05, 3.63) is 35.9 Å². The Balaban J connectivity index is 1.83. The van der Waals surface area contributed by atoms with Crippen LogP contribution in [0.3, 0.4) is 0 Å². The molecule has 1 fully saturated rings. The summed E-state index contributed by atoms with van der Waals surface area (Å²) in [5, 5.41) is 13.1. The first kappa shape index (κ1) is 17.8. The lowest BCUT2D eigenvalue weighted by Crippen LogP contribution is -2.47. The van der Waals surface area contributed by atoms with Gasteiger partial charge in [-0.3, -0.25) is 0 Å². The van der Waals surface area contributed by atoms with E-state index >= 15 is 0 Å². The third-order valence-corrected chi connectivity index (χ3v) is 3.97. The lowest BCUT2D eigenvalue weighted by molar-refractivity contribution is 0.0193. The third kappa shape index (κ3) is 5.52. The number of amides is 1. The molecule has 0 radical (unpaired) electrons. The number of hydrogen-bond donors (Lipinski definition) is 2. The van der Waals surface area contributed by atoms with Crippen LogP contribution in [0.25, 0.3) is 0 Å². The summed E-state index contributed by atoms with van der Waals surface area (Å²) >= 11 is 0. The van der Waals surface area contributed by atoms with Crippen LogP contribution in [0.2, 0.25) is 0 Å². The molecule has 1 unspecified atom stereocenters. The number of hydrogen-bond acceptors (Lipinski definition) is 4. The Morgan fingerprint density at radius 2 is 1.91 bits per heavy atom. The molecule has 2 N–H and O–H groups in total.